The van der Waals surface area contributed by atoms with E-state index >= 15 is 0 Å². The lowest BCUT2D eigenvalue weighted by Gasteiger charge is -2.20. The minimum Gasteiger partial charge on any atom is -0.361 e. The van der Waals surface area contributed by atoms with Crippen LogP contribution in [0.4, 0.5) is 4.79 Å². The van der Waals surface area contributed by atoms with Gasteiger partial charge >= 0.3 is 6.03 Å². The minimum absolute atomic E-state index is 0.00926. The number of carbonyl (C=O) groups is 1. The smallest absolute Gasteiger partial charge is 0.317 e. The predicted octanol–water partition coefficient (Wildman–Crippen LogP) is 2.16. The molecule has 0 aliphatic carbocycles. The Kier molecular flexibility index (Phi) is 3.36. The normalized spacial score (nSPS) is 17.2. The Hall–Kier alpha value is -1.52. The standard InChI is InChI=1S/C12H19N3O2/c1-8(11-9(2)14-17-10(11)3)13-12(16)15-6-4-5-7-15/h8H,4-7H2,1-3H3,(H,13,16). The van der Waals surface area contributed by atoms with Crippen LogP contribution in [-0.4, -0.2) is 29.2 Å². The van der Waals surface area contributed by atoms with E-state index in [1.807, 2.05) is 25.7 Å². The van der Waals surface area contributed by atoms with Gasteiger partial charge < -0.3 is 14.7 Å². The van der Waals surface area contributed by atoms with Crippen molar-refractivity contribution in [1.82, 2.24) is 15.4 Å². The van der Waals surface area contributed by atoms with Crippen molar-refractivity contribution in [2.75, 3.05) is 13.1 Å². The molecule has 1 aliphatic rings. The molecule has 1 N–H and O–H groups in total. The monoisotopic (exact) mass is 237 g/mol. The summed E-state index contributed by atoms with van der Waals surface area (Å²) >= 11 is 0. The van der Waals surface area contributed by atoms with Crippen molar-refractivity contribution in [1.29, 1.82) is 0 Å². The van der Waals surface area contributed by atoms with E-state index in [1.165, 1.54) is 0 Å². The van der Waals surface area contributed by atoms with E-state index in [9.17, 15) is 4.79 Å². The molecule has 1 saturated heterocycles. The molecule has 2 rings (SSSR count). The zero-order valence-corrected chi connectivity index (χ0v) is 10.6. The average molecular weight is 237 g/mol. The molecule has 1 fully saturated rings. The summed E-state index contributed by atoms with van der Waals surface area (Å²) in [7, 11) is 0. The highest BCUT2D eigenvalue weighted by Crippen LogP contribution is 2.21. The first-order chi connectivity index (χ1) is 8.09. The molecule has 0 aromatic carbocycles. The highest BCUT2D eigenvalue weighted by Gasteiger charge is 2.22. The number of hydrogen-bond acceptors (Lipinski definition) is 3. The number of aromatic nitrogens is 1. The predicted molar refractivity (Wildman–Crippen MR) is 63.7 cm³/mol. The maximum Gasteiger partial charge on any atom is 0.317 e. The van der Waals surface area contributed by atoms with Crippen molar-refractivity contribution in [2.45, 2.75) is 39.7 Å². The molecule has 5 heteroatoms. The molecular formula is C12H19N3O2. The van der Waals surface area contributed by atoms with Crippen LogP contribution in [0.2, 0.25) is 0 Å². The first kappa shape index (κ1) is 12.0. The van der Waals surface area contributed by atoms with Gasteiger partial charge in [0, 0.05) is 18.7 Å². The van der Waals surface area contributed by atoms with Crippen molar-refractivity contribution in [2.24, 2.45) is 0 Å². The number of hydrogen-bond donors (Lipinski definition) is 1. The summed E-state index contributed by atoms with van der Waals surface area (Å²) in [5.74, 6) is 0.775. The molecule has 94 valence electrons. The first-order valence-corrected chi connectivity index (χ1v) is 6.08. The van der Waals surface area contributed by atoms with Gasteiger partial charge in [0.05, 0.1) is 11.7 Å². The van der Waals surface area contributed by atoms with Crippen LogP contribution in [0.25, 0.3) is 0 Å². The van der Waals surface area contributed by atoms with Crippen molar-refractivity contribution in [3.63, 3.8) is 0 Å². The second-order valence-electron chi connectivity index (χ2n) is 4.60. The van der Waals surface area contributed by atoms with Gasteiger partial charge in [0.15, 0.2) is 0 Å². The molecule has 0 spiro atoms. The summed E-state index contributed by atoms with van der Waals surface area (Å²) in [6, 6.07) is -0.0515. The summed E-state index contributed by atoms with van der Waals surface area (Å²) in [5.41, 5.74) is 1.83. The maximum absolute atomic E-state index is 11.9. The third-order valence-corrected chi connectivity index (χ3v) is 3.25. The number of nitrogens with zero attached hydrogens (tertiary/aromatic N) is 2. The van der Waals surface area contributed by atoms with E-state index in [1.54, 1.807) is 0 Å². The number of likely N-dealkylation sites (tertiary alicyclic amines) is 1. The highest BCUT2D eigenvalue weighted by molar-refractivity contribution is 5.75. The second kappa shape index (κ2) is 4.77. The molecule has 1 atom stereocenters. The lowest BCUT2D eigenvalue weighted by Crippen LogP contribution is -2.39. The number of nitrogens with one attached hydrogen (secondary N) is 1. The number of rotatable bonds is 2. The van der Waals surface area contributed by atoms with E-state index in [-0.39, 0.29) is 12.1 Å². The summed E-state index contributed by atoms with van der Waals surface area (Å²) < 4.78 is 5.11. The number of urea groups is 1. The van der Waals surface area contributed by atoms with Gasteiger partial charge in [-0.1, -0.05) is 5.16 Å². The Bertz CT molecular complexity index is 388. The summed E-state index contributed by atoms with van der Waals surface area (Å²) in [6.45, 7) is 7.44. The van der Waals surface area contributed by atoms with Crippen LogP contribution in [0.15, 0.2) is 4.52 Å². The highest BCUT2D eigenvalue weighted by atomic mass is 16.5. The van der Waals surface area contributed by atoms with Crippen LogP contribution in [0.1, 0.15) is 42.8 Å². The van der Waals surface area contributed by atoms with Crippen molar-refractivity contribution in [3.8, 4) is 0 Å². The third kappa shape index (κ3) is 2.43. The molecule has 0 radical (unpaired) electrons. The lowest BCUT2D eigenvalue weighted by molar-refractivity contribution is 0.205. The SMILES string of the molecule is Cc1noc(C)c1C(C)NC(=O)N1CCCC1. The van der Waals surface area contributed by atoms with E-state index < -0.39 is 0 Å². The molecule has 2 amide bonds. The van der Waals surface area contributed by atoms with Crippen molar-refractivity contribution < 1.29 is 9.32 Å². The molecule has 5 nitrogen and oxygen atoms in total. The van der Waals surface area contributed by atoms with Gasteiger partial charge in [0.2, 0.25) is 0 Å². The summed E-state index contributed by atoms with van der Waals surface area (Å²) in [6.07, 6.45) is 2.21. The zero-order chi connectivity index (χ0) is 12.4. The van der Waals surface area contributed by atoms with E-state index in [4.69, 9.17) is 4.52 Å². The Labute approximate surface area is 101 Å². The quantitative estimate of drug-likeness (QED) is 0.857. The van der Waals surface area contributed by atoms with E-state index in [0.717, 1.165) is 42.9 Å². The average Bonchev–Trinajstić information content (AvgIpc) is 2.88. The van der Waals surface area contributed by atoms with Crippen LogP contribution in [0, 0.1) is 13.8 Å². The molecule has 1 aliphatic heterocycles. The van der Waals surface area contributed by atoms with Gasteiger partial charge in [0.25, 0.3) is 0 Å². The molecule has 2 heterocycles. The Morgan fingerprint density at radius 3 is 2.59 bits per heavy atom. The Morgan fingerprint density at radius 2 is 2.06 bits per heavy atom. The first-order valence-electron chi connectivity index (χ1n) is 6.08. The van der Waals surface area contributed by atoms with Crippen molar-refractivity contribution in [3.05, 3.63) is 17.0 Å². The maximum atomic E-state index is 11.9. The molecular weight excluding hydrogens is 218 g/mol. The summed E-state index contributed by atoms with van der Waals surface area (Å²) in [5, 5.41) is 6.90. The fourth-order valence-electron chi connectivity index (χ4n) is 2.38. The van der Waals surface area contributed by atoms with Crippen LogP contribution in [-0.2, 0) is 0 Å². The Morgan fingerprint density at radius 1 is 1.41 bits per heavy atom. The molecule has 1 aromatic heterocycles. The molecule has 1 aromatic rings. The van der Waals surface area contributed by atoms with Gasteiger partial charge in [-0.15, -0.1) is 0 Å². The van der Waals surface area contributed by atoms with Gasteiger partial charge in [-0.2, -0.15) is 0 Å². The largest absolute Gasteiger partial charge is 0.361 e. The second-order valence-corrected chi connectivity index (χ2v) is 4.60. The van der Waals surface area contributed by atoms with Crippen LogP contribution >= 0.6 is 0 Å². The van der Waals surface area contributed by atoms with Crippen LogP contribution in [0.5, 0.6) is 0 Å². The summed E-state index contributed by atoms with van der Waals surface area (Å²) in [4.78, 5) is 13.8. The van der Waals surface area contributed by atoms with Crippen molar-refractivity contribution >= 4 is 6.03 Å². The fourth-order valence-corrected chi connectivity index (χ4v) is 2.38. The molecule has 0 saturated carbocycles. The lowest BCUT2D eigenvalue weighted by atomic mass is 10.1. The molecule has 1 unspecified atom stereocenters. The zero-order valence-electron chi connectivity index (χ0n) is 10.6. The van der Waals surface area contributed by atoms with E-state index in [2.05, 4.69) is 10.5 Å². The van der Waals surface area contributed by atoms with E-state index in [0.29, 0.717) is 0 Å². The van der Waals surface area contributed by atoms with Gasteiger partial charge in [-0.3, -0.25) is 0 Å². The fraction of sp³-hybridized carbons (Fsp3) is 0.667. The van der Waals surface area contributed by atoms with Gasteiger partial charge in [0.1, 0.15) is 5.76 Å². The molecule has 0 bridgehead atoms. The number of carbonyl (C=O) groups excluding carboxylic acids is 1. The van der Waals surface area contributed by atoms with Gasteiger partial charge in [-0.25, -0.2) is 4.79 Å². The minimum atomic E-state index is -0.0608. The number of aryl methyl sites for hydroxylation is 2. The Balaban J connectivity index is 2.01. The molecule has 17 heavy (non-hydrogen) atoms. The van der Waals surface area contributed by atoms with Crippen LogP contribution < -0.4 is 5.32 Å². The van der Waals surface area contributed by atoms with Crippen LogP contribution in [0.3, 0.4) is 0 Å². The third-order valence-electron chi connectivity index (χ3n) is 3.25. The number of amides is 2. The topological polar surface area (TPSA) is 58.4 Å². The van der Waals surface area contributed by atoms with Gasteiger partial charge in [-0.05, 0) is 33.6 Å².